The first-order valence-electron chi connectivity index (χ1n) is 3.09. The monoisotopic (exact) mass is 141 g/mol. The highest BCUT2D eigenvalue weighted by atomic mass is 32.1. The van der Waals surface area contributed by atoms with E-state index in [0.29, 0.717) is 0 Å². The molecule has 0 saturated heterocycles. The summed E-state index contributed by atoms with van der Waals surface area (Å²) in [5, 5.41) is 3.20. The lowest BCUT2D eigenvalue weighted by Crippen LogP contribution is -2.43. The van der Waals surface area contributed by atoms with Gasteiger partial charge in [0.05, 0.1) is 4.99 Å². The molecular formula is C7H11NS. The van der Waals surface area contributed by atoms with Crippen LogP contribution in [0.2, 0.25) is 0 Å². The number of hydrogen-bond donors (Lipinski definition) is 1. The molecule has 0 unspecified atom stereocenters. The maximum Gasteiger partial charge on any atom is 0.0988 e. The van der Waals surface area contributed by atoms with Crippen LogP contribution in [-0.4, -0.2) is 10.5 Å². The molecule has 0 radical (unpaired) electrons. The van der Waals surface area contributed by atoms with Crippen molar-refractivity contribution in [3.8, 4) is 0 Å². The molecule has 1 rings (SSSR count). The lowest BCUT2D eigenvalue weighted by Gasteiger charge is -2.28. The standard InChI is InChI=1S/C7H11NS/c1-7(2)5-3-4-6(9)8-7/h3-4H,5H2,1-2H3,(H,8,9). The van der Waals surface area contributed by atoms with Crippen LogP contribution >= 0.6 is 12.2 Å². The van der Waals surface area contributed by atoms with Crippen LogP contribution in [0.4, 0.5) is 0 Å². The number of thiocarbonyl (C=S) groups is 1. The fourth-order valence-corrected chi connectivity index (χ4v) is 1.26. The van der Waals surface area contributed by atoms with Crippen molar-refractivity contribution in [2.75, 3.05) is 0 Å². The molecule has 1 aliphatic rings. The van der Waals surface area contributed by atoms with E-state index in [9.17, 15) is 0 Å². The van der Waals surface area contributed by atoms with Gasteiger partial charge in [0.1, 0.15) is 0 Å². The Morgan fingerprint density at radius 1 is 1.67 bits per heavy atom. The van der Waals surface area contributed by atoms with E-state index in [-0.39, 0.29) is 5.54 Å². The summed E-state index contributed by atoms with van der Waals surface area (Å²) in [4.78, 5) is 0.853. The summed E-state index contributed by atoms with van der Waals surface area (Å²) >= 11 is 4.96. The highest BCUT2D eigenvalue weighted by Gasteiger charge is 2.18. The zero-order chi connectivity index (χ0) is 6.91. The molecule has 0 amide bonds. The Balaban J connectivity index is 2.68. The number of hydrogen-bond acceptors (Lipinski definition) is 1. The minimum absolute atomic E-state index is 0.172. The van der Waals surface area contributed by atoms with Crippen LogP contribution in [0.15, 0.2) is 12.2 Å². The Kier molecular flexibility index (Phi) is 1.58. The van der Waals surface area contributed by atoms with E-state index in [0.717, 1.165) is 11.4 Å². The van der Waals surface area contributed by atoms with E-state index in [1.54, 1.807) is 0 Å². The van der Waals surface area contributed by atoms with Gasteiger partial charge in [0.15, 0.2) is 0 Å². The van der Waals surface area contributed by atoms with Crippen molar-refractivity contribution < 1.29 is 0 Å². The van der Waals surface area contributed by atoms with Crippen LogP contribution in [0.1, 0.15) is 20.3 Å². The molecule has 1 N–H and O–H groups in total. The largest absolute Gasteiger partial charge is 0.371 e. The van der Waals surface area contributed by atoms with Crippen molar-refractivity contribution in [2.45, 2.75) is 25.8 Å². The molecule has 0 aromatic heterocycles. The number of rotatable bonds is 0. The molecule has 0 bridgehead atoms. The van der Waals surface area contributed by atoms with E-state index in [1.165, 1.54) is 0 Å². The van der Waals surface area contributed by atoms with Crippen LogP contribution in [-0.2, 0) is 0 Å². The third-order valence-corrected chi connectivity index (χ3v) is 1.60. The van der Waals surface area contributed by atoms with Crippen LogP contribution in [0.25, 0.3) is 0 Å². The van der Waals surface area contributed by atoms with Crippen molar-refractivity contribution in [2.24, 2.45) is 0 Å². The summed E-state index contributed by atoms with van der Waals surface area (Å²) in [5.74, 6) is 0. The van der Waals surface area contributed by atoms with Gasteiger partial charge in [0.25, 0.3) is 0 Å². The van der Waals surface area contributed by atoms with Gasteiger partial charge >= 0.3 is 0 Å². The van der Waals surface area contributed by atoms with E-state index in [1.807, 2.05) is 6.08 Å². The second kappa shape index (κ2) is 2.10. The average Bonchev–Trinajstić information content (AvgIpc) is 1.60. The fraction of sp³-hybridized carbons (Fsp3) is 0.571. The number of nitrogens with one attached hydrogen (secondary N) is 1. The topological polar surface area (TPSA) is 12.0 Å². The SMILES string of the molecule is CC1(C)CC=CC(=S)N1. The quantitative estimate of drug-likeness (QED) is 0.515. The molecule has 2 heteroatoms. The average molecular weight is 141 g/mol. The summed E-state index contributed by atoms with van der Waals surface area (Å²) in [5.41, 5.74) is 0.172. The van der Waals surface area contributed by atoms with Gasteiger partial charge in [-0.05, 0) is 26.3 Å². The van der Waals surface area contributed by atoms with E-state index < -0.39 is 0 Å². The Morgan fingerprint density at radius 2 is 2.33 bits per heavy atom. The van der Waals surface area contributed by atoms with Gasteiger partial charge in [-0.2, -0.15) is 0 Å². The van der Waals surface area contributed by atoms with E-state index in [2.05, 4.69) is 25.2 Å². The first-order valence-corrected chi connectivity index (χ1v) is 3.50. The summed E-state index contributed by atoms with van der Waals surface area (Å²) in [6, 6.07) is 0. The lowest BCUT2D eigenvalue weighted by molar-refractivity contribution is 0.464. The normalized spacial score (nSPS) is 23.6. The third-order valence-electron chi connectivity index (χ3n) is 1.36. The highest BCUT2D eigenvalue weighted by molar-refractivity contribution is 7.80. The summed E-state index contributed by atoms with van der Waals surface area (Å²) in [6.07, 6.45) is 5.12. The Hall–Kier alpha value is -0.370. The molecule has 0 spiro atoms. The minimum atomic E-state index is 0.172. The molecule has 0 aromatic carbocycles. The second-order valence-corrected chi connectivity index (χ2v) is 3.42. The fourth-order valence-electron chi connectivity index (χ4n) is 0.887. The molecule has 1 nitrogen and oxygen atoms in total. The Morgan fingerprint density at radius 3 is 2.67 bits per heavy atom. The molecule has 9 heavy (non-hydrogen) atoms. The van der Waals surface area contributed by atoms with Gasteiger partial charge in [0, 0.05) is 5.54 Å². The van der Waals surface area contributed by atoms with E-state index >= 15 is 0 Å². The van der Waals surface area contributed by atoms with Crippen molar-refractivity contribution in [3.05, 3.63) is 12.2 Å². The molecule has 0 saturated carbocycles. The first kappa shape index (κ1) is 6.75. The molecule has 1 aliphatic heterocycles. The summed E-state index contributed by atoms with van der Waals surface area (Å²) < 4.78 is 0. The zero-order valence-electron chi connectivity index (χ0n) is 5.77. The predicted octanol–water partition coefficient (Wildman–Crippen LogP) is 1.64. The van der Waals surface area contributed by atoms with Gasteiger partial charge in [-0.15, -0.1) is 0 Å². The Labute approximate surface area is 61.1 Å². The Bertz CT molecular complexity index is 158. The summed E-state index contributed by atoms with van der Waals surface area (Å²) in [7, 11) is 0. The third kappa shape index (κ3) is 1.79. The summed E-state index contributed by atoms with van der Waals surface area (Å²) in [6.45, 7) is 4.28. The lowest BCUT2D eigenvalue weighted by atomic mass is 9.98. The van der Waals surface area contributed by atoms with Gasteiger partial charge < -0.3 is 5.32 Å². The highest BCUT2D eigenvalue weighted by Crippen LogP contribution is 2.12. The molecule has 0 atom stereocenters. The van der Waals surface area contributed by atoms with Crippen LogP contribution in [0.3, 0.4) is 0 Å². The van der Waals surface area contributed by atoms with Crippen LogP contribution in [0.5, 0.6) is 0 Å². The van der Waals surface area contributed by atoms with Crippen molar-refractivity contribution >= 4 is 17.2 Å². The van der Waals surface area contributed by atoms with Gasteiger partial charge in [-0.25, -0.2) is 0 Å². The van der Waals surface area contributed by atoms with Crippen molar-refractivity contribution in [3.63, 3.8) is 0 Å². The molecule has 1 heterocycles. The maximum absolute atomic E-state index is 4.96. The first-order chi connectivity index (χ1) is 4.10. The van der Waals surface area contributed by atoms with Gasteiger partial charge in [-0.3, -0.25) is 0 Å². The van der Waals surface area contributed by atoms with Gasteiger partial charge in [-0.1, -0.05) is 18.3 Å². The maximum atomic E-state index is 4.96. The molecular weight excluding hydrogens is 130 g/mol. The smallest absolute Gasteiger partial charge is 0.0988 e. The predicted molar refractivity (Wildman–Crippen MR) is 43.6 cm³/mol. The van der Waals surface area contributed by atoms with Crippen LogP contribution < -0.4 is 5.32 Å². The molecule has 0 aliphatic carbocycles. The second-order valence-electron chi connectivity index (χ2n) is 2.98. The zero-order valence-corrected chi connectivity index (χ0v) is 6.59. The van der Waals surface area contributed by atoms with Gasteiger partial charge in [0.2, 0.25) is 0 Å². The van der Waals surface area contributed by atoms with Crippen molar-refractivity contribution in [1.82, 2.24) is 5.32 Å². The van der Waals surface area contributed by atoms with Crippen molar-refractivity contribution in [1.29, 1.82) is 0 Å². The van der Waals surface area contributed by atoms with Crippen LogP contribution in [0, 0.1) is 0 Å². The molecule has 0 fully saturated rings. The molecule has 0 aromatic rings. The molecule has 50 valence electrons. The van der Waals surface area contributed by atoms with E-state index in [4.69, 9.17) is 12.2 Å². The minimum Gasteiger partial charge on any atom is -0.371 e.